The summed E-state index contributed by atoms with van der Waals surface area (Å²) in [5.74, 6) is 0.252. The van der Waals surface area contributed by atoms with Gasteiger partial charge >= 0.3 is 5.97 Å². The Morgan fingerprint density at radius 3 is 2.42 bits per heavy atom. The Morgan fingerprint density at radius 1 is 1.50 bits per heavy atom. The van der Waals surface area contributed by atoms with Crippen LogP contribution in [0.3, 0.4) is 0 Å². The highest BCUT2D eigenvalue weighted by atomic mass is 16.5. The lowest BCUT2D eigenvalue weighted by molar-refractivity contribution is -0.140. The summed E-state index contributed by atoms with van der Waals surface area (Å²) in [6, 6.07) is 0. The molecule has 0 heterocycles. The third-order valence-electron chi connectivity index (χ3n) is 1.65. The van der Waals surface area contributed by atoms with E-state index in [1.807, 2.05) is 0 Å². The van der Waals surface area contributed by atoms with E-state index in [0.717, 1.165) is 6.42 Å². The second kappa shape index (κ2) is 5.81. The number of esters is 1. The minimum atomic E-state index is -0.211. The van der Waals surface area contributed by atoms with Crippen molar-refractivity contribution < 1.29 is 9.53 Å². The van der Waals surface area contributed by atoms with Crippen LogP contribution in [0.4, 0.5) is 0 Å². The molecule has 0 aromatic carbocycles. The molecule has 0 unspecified atom stereocenters. The zero-order valence-electron chi connectivity index (χ0n) is 8.39. The molecule has 12 heavy (non-hydrogen) atoms. The van der Waals surface area contributed by atoms with Gasteiger partial charge in [-0.05, 0) is 17.9 Å². The molecule has 0 amide bonds. The fourth-order valence-electron chi connectivity index (χ4n) is 0.908. The normalized spacial score (nSPS) is 11.9. The molecule has 0 atom stereocenters. The van der Waals surface area contributed by atoms with Gasteiger partial charge in [0.05, 0.1) is 0 Å². The van der Waals surface area contributed by atoms with Gasteiger partial charge < -0.3 is 4.74 Å². The molecule has 0 saturated heterocycles. The van der Waals surface area contributed by atoms with E-state index in [2.05, 4.69) is 26.8 Å². The van der Waals surface area contributed by atoms with E-state index < -0.39 is 0 Å². The first-order chi connectivity index (χ1) is 5.57. The second-order valence-corrected chi connectivity index (χ2v) is 3.12. The smallest absolute Gasteiger partial charge is 0.302 e. The zero-order chi connectivity index (χ0) is 9.56. The molecule has 2 heteroatoms. The molecule has 0 spiro atoms. The quantitative estimate of drug-likeness (QED) is 0.478. The number of rotatable bonds is 4. The molecule has 0 fully saturated rings. The highest BCUT2D eigenvalue weighted by Crippen LogP contribution is 2.10. The average molecular weight is 170 g/mol. The SMILES string of the molecule is CCC=C(COC(C)=O)C(C)C. The summed E-state index contributed by atoms with van der Waals surface area (Å²) in [6.07, 6.45) is 3.11. The lowest BCUT2D eigenvalue weighted by atomic mass is 10.0. The first-order valence-electron chi connectivity index (χ1n) is 4.40. The van der Waals surface area contributed by atoms with Crippen LogP contribution >= 0.6 is 0 Å². The van der Waals surface area contributed by atoms with Gasteiger partial charge in [0.15, 0.2) is 0 Å². The van der Waals surface area contributed by atoms with Crippen molar-refractivity contribution in [3.8, 4) is 0 Å². The molecule has 0 aromatic rings. The van der Waals surface area contributed by atoms with E-state index in [9.17, 15) is 4.79 Å². The summed E-state index contributed by atoms with van der Waals surface area (Å²) in [7, 11) is 0. The first-order valence-corrected chi connectivity index (χ1v) is 4.40. The number of carbonyl (C=O) groups is 1. The number of ether oxygens (including phenoxy) is 1. The molecule has 0 aliphatic heterocycles. The number of hydrogen-bond acceptors (Lipinski definition) is 2. The van der Waals surface area contributed by atoms with Crippen LogP contribution in [-0.2, 0) is 9.53 Å². The fraction of sp³-hybridized carbons (Fsp3) is 0.700. The Labute approximate surface area is 74.6 Å². The summed E-state index contributed by atoms with van der Waals surface area (Å²) in [5, 5.41) is 0. The molecule has 0 aliphatic rings. The van der Waals surface area contributed by atoms with Crippen LogP contribution in [0.2, 0.25) is 0 Å². The topological polar surface area (TPSA) is 26.3 Å². The molecule has 70 valence electrons. The van der Waals surface area contributed by atoms with E-state index in [1.54, 1.807) is 0 Å². The van der Waals surface area contributed by atoms with Gasteiger partial charge in [0.2, 0.25) is 0 Å². The molecule has 2 nitrogen and oxygen atoms in total. The van der Waals surface area contributed by atoms with Gasteiger partial charge in [0, 0.05) is 6.92 Å². The summed E-state index contributed by atoms with van der Waals surface area (Å²) in [5.41, 5.74) is 1.20. The monoisotopic (exact) mass is 170 g/mol. The highest BCUT2D eigenvalue weighted by molar-refractivity contribution is 5.66. The molecule has 0 bridgehead atoms. The highest BCUT2D eigenvalue weighted by Gasteiger charge is 2.03. The van der Waals surface area contributed by atoms with Crippen molar-refractivity contribution in [1.29, 1.82) is 0 Å². The second-order valence-electron chi connectivity index (χ2n) is 3.12. The zero-order valence-corrected chi connectivity index (χ0v) is 8.39. The van der Waals surface area contributed by atoms with E-state index in [-0.39, 0.29) is 5.97 Å². The maximum atomic E-state index is 10.5. The van der Waals surface area contributed by atoms with Crippen LogP contribution in [0, 0.1) is 5.92 Å². The summed E-state index contributed by atoms with van der Waals surface area (Å²) in [4.78, 5) is 10.5. The molecular formula is C10H18O2. The van der Waals surface area contributed by atoms with Crippen LogP contribution < -0.4 is 0 Å². The van der Waals surface area contributed by atoms with Gasteiger partial charge in [0.1, 0.15) is 6.61 Å². The lowest BCUT2D eigenvalue weighted by Gasteiger charge is -2.10. The van der Waals surface area contributed by atoms with E-state index in [0.29, 0.717) is 12.5 Å². The van der Waals surface area contributed by atoms with Crippen LogP contribution in [0.25, 0.3) is 0 Å². The van der Waals surface area contributed by atoms with E-state index >= 15 is 0 Å². The summed E-state index contributed by atoms with van der Waals surface area (Å²) in [6.45, 7) is 8.16. The Kier molecular flexibility index (Phi) is 5.43. The number of hydrogen-bond donors (Lipinski definition) is 0. The minimum Gasteiger partial charge on any atom is -0.461 e. The van der Waals surface area contributed by atoms with Crippen molar-refractivity contribution in [1.82, 2.24) is 0 Å². The van der Waals surface area contributed by atoms with Crippen molar-refractivity contribution >= 4 is 5.97 Å². The molecule has 0 saturated carbocycles. The molecule has 0 N–H and O–H groups in total. The Morgan fingerprint density at radius 2 is 2.08 bits per heavy atom. The average Bonchev–Trinajstić information content (AvgIpc) is 1.96. The maximum Gasteiger partial charge on any atom is 0.302 e. The van der Waals surface area contributed by atoms with Crippen molar-refractivity contribution in [3.63, 3.8) is 0 Å². The molecule has 0 aliphatic carbocycles. The van der Waals surface area contributed by atoms with Crippen molar-refractivity contribution in [2.45, 2.75) is 34.1 Å². The standard InChI is InChI=1S/C10H18O2/c1-5-6-10(8(2)3)7-12-9(4)11/h6,8H,5,7H2,1-4H3. The van der Waals surface area contributed by atoms with Gasteiger partial charge in [-0.25, -0.2) is 0 Å². The first kappa shape index (κ1) is 11.2. The van der Waals surface area contributed by atoms with Crippen LogP contribution in [0.5, 0.6) is 0 Å². The minimum absolute atomic E-state index is 0.211. The van der Waals surface area contributed by atoms with Gasteiger partial charge in [-0.1, -0.05) is 26.8 Å². The van der Waals surface area contributed by atoms with Gasteiger partial charge in [-0.2, -0.15) is 0 Å². The van der Waals surface area contributed by atoms with E-state index in [1.165, 1.54) is 12.5 Å². The van der Waals surface area contributed by atoms with E-state index in [4.69, 9.17) is 4.74 Å². The number of allylic oxidation sites excluding steroid dienone is 1. The van der Waals surface area contributed by atoms with Crippen LogP contribution in [-0.4, -0.2) is 12.6 Å². The van der Waals surface area contributed by atoms with Crippen molar-refractivity contribution in [2.24, 2.45) is 5.92 Å². The largest absolute Gasteiger partial charge is 0.461 e. The molecule has 0 rings (SSSR count). The van der Waals surface area contributed by atoms with Gasteiger partial charge in [-0.15, -0.1) is 0 Å². The van der Waals surface area contributed by atoms with Crippen LogP contribution in [0.1, 0.15) is 34.1 Å². The van der Waals surface area contributed by atoms with Gasteiger partial charge in [0.25, 0.3) is 0 Å². The molecule has 0 radical (unpaired) electrons. The summed E-state index contributed by atoms with van der Waals surface area (Å²) >= 11 is 0. The van der Waals surface area contributed by atoms with Crippen LogP contribution in [0.15, 0.2) is 11.6 Å². The Bertz CT molecular complexity index is 169. The fourth-order valence-corrected chi connectivity index (χ4v) is 0.908. The Balaban J connectivity index is 3.97. The third-order valence-corrected chi connectivity index (χ3v) is 1.65. The number of carbonyl (C=O) groups excluding carboxylic acids is 1. The predicted octanol–water partition coefficient (Wildman–Crippen LogP) is 2.54. The predicted molar refractivity (Wildman–Crippen MR) is 49.8 cm³/mol. The van der Waals surface area contributed by atoms with Crippen molar-refractivity contribution in [3.05, 3.63) is 11.6 Å². The molecule has 0 aromatic heterocycles. The van der Waals surface area contributed by atoms with Crippen molar-refractivity contribution in [2.75, 3.05) is 6.61 Å². The molecular weight excluding hydrogens is 152 g/mol. The Hall–Kier alpha value is -0.790. The maximum absolute atomic E-state index is 10.5. The summed E-state index contributed by atoms with van der Waals surface area (Å²) < 4.78 is 4.91. The van der Waals surface area contributed by atoms with Gasteiger partial charge in [-0.3, -0.25) is 4.79 Å². The third kappa shape index (κ3) is 4.94. The lowest BCUT2D eigenvalue weighted by Crippen LogP contribution is -2.07.